The largest absolute Gasteiger partial charge is 0.314 e. The highest BCUT2D eigenvalue weighted by molar-refractivity contribution is 9.10. The molecule has 1 aromatic carbocycles. The van der Waals surface area contributed by atoms with Gasteiger partial charge in [0, 0.05) is 30.1 Å². The van der Waals surface area contributed by atoms with Gasteiger partial charge in [0.05, 0.1) is 10.0 Å². The van der Waals surface area contributed by atoms with Crippen LogP contribution in [0.5, 0.6) is 0 Å². The van der Waals surface area contributed by atoms with Crippen molar-refractivity contribution in [2.45, 2.75) is 17.9 Å². The molecule has 0 aromatic heterocycles. The van der Waals surface area contributed by atoms with Gasteiger partial charge in [-0.15, -0.1) is 12.4 Å². The van der Waals surface area contributed by atoms with E-state index in [-0.39, 0.29) is 33.4 Å². The molecule has 114 valence electrons. The molecule has 2 rings (SSSR count). The Bertz CT molecular complexity index is 574. The van der Waals surface area contributed by atoms with Gasteiger partial charge in [0.1, 0.15) is 4.90 Å². The molecule has 20 heavy (non-hydrogen) atoms. The van der Waals surface area contributed by atoms with Gasteiger partial charge in [0.25, 0.3) is 0 Å². The standard InChI is InChI=1S/C11H13BrCl2N2O2S.ClH/c1-7-6-15-2-3-16(7)19(17,18)11-9(13)4-8(12)5-10(11)14;/h4-5,7,15H,2-3,6H2,1H3;1H/t7-;/m1./s1. The van der Waals surface area contributed by atoms with Crippen LogP contribution < -0.4 is 5.32 Å². The molecular weight excluding hydrogens is 410 g/mol. The number of nitrogens with one attached hydrogen (secondary N) is 1. The van der Waals surface area contributed by atoms with Crippen molar-refractivity contribution in [2.24, 2.45) is 0 Å². The lowest BCUT2D eigenvalue weighted by Gasteiger charge is -2.33. The van der Waals surface area contributed by atoms with Crippen molar-refractivity contribution in [2.75, 3.05) is 19.6 Å². The maximum atomic E-state index is 12.7. The van der Waals surface area contributed by atoms with Gasteiger partial charge in [-0.05, 0) is 19.1 Å². The number of nitrogens with zero attached hydrogens (tertiary/aromatic N) is 1. The average Bonchev–Trinajstić information content (AvgIpc) is 2.27. The van der Waals surface area contributed by atoms with Crippen LogP contribution in [0.1, 0.15) is 6.92 Å². The van der Waals surface area contributed by atoms with E-state index in [1.165, 1.54) is 16.4 Å². The van der Waals surface area contributed by atoms with Crippen molar-refractivity contribution in [3.05, 3.63) is 26.7 Å². The third kappa shape index (κ3) is 3.61. The van der Waals surface area contributed by atoms with E-state index in [2.05, 4.69) is 21.2 Å². The molecule has 0 amide bonds. The van der Waals surface area contributed by atoms with E-state index >= 15 is 0 Å². The van der Waals surface area contributed by atoms with Crippen molar-refractivity contribution in [3.63, 3.8) is 0 Å². The first-order valence-electron chi connectivity index (χ1n) is 5.71. The number of rotatable bonds is 2. The molecule has 0 spiro atoms. The molecule has 1 heterocycles. The minimum absolute atomic E-state index is 0. The van der Waals surface area contributed by atoms with E-state index in [1.54, 1.807) is 0 Å². The SMILES string of the molecule is C[C@@H]1CNCCN1S(=O)(=O)c1c(Cl)cc(Br)cc1Cl.Cl. The predicted molar refractivity (Wildman–Crippen MR) is 87.6 cm³/mol. The van der Waals surface area contributed by atoms with Gasteiger partial charge in [-0.25, -0.2) is 8.42 Å². The van der Waals surface area contributed by atoms with Crippen LogP contribution in [-0.4, -0.2) is 38.4 Å². The van der Waals surface area contributed by atoms with Crippen LogP contribution >= 0.6 is 51.5 Å². The van der Waals surface area contributed by atoms with Gasteiger partial charge in [-0.1, -0.05) is 39.1 Å². The van der Waals surface area contributed by atoms with E-state index < -0.39 is 10.0 Å². The van der Waals surface area contributed by atoms with E-state index in [4.69, 9.17) is 23.2 Å². The number of piperazine rings is 1. The van der Waals surface area contributed by atoms with Crippen LogP contribution in [-0.2, 0) is 10.0 Å². The highest BCUT2D eigenvalue weighted by atomic mass is 79.9. The lowest BCUT2D eigenvalue weighted by atomic mass is 10.3. The molecule has 0 unspecified atom stereocenters. The lowest BCUT2D eigenvalue weighted by molar-refractivity contribution is 0.284. The van der Waals surface area contributed by atoms with Crippen molar-refractivity contribution in [3.8, 4) is 0 Å². The van der Waals surface area contributed by atoms with Crippen LogP contribution in [0.4, 0.5) is 0 Å². The van der Waals surface area contributed by atoms with Crippen LogP contribution in [0.3, 0.4) is 0 Å². The van der Waals surface area contributed by atoms with Crippen LogP contribution in [0, 0.1) is 0 Å². The minimum Gasteiger partial charge on any atom is -0.314 e. The summed E-state index contributed by atoms with van der Waals surface area (Å²) in [5.74, 6) is 0. The smallest absolute Gasteiger partial charge is 0.246 e. The Hall–Kier alpha value is 0.440. The lowest BCUT2D eigenvalue weighted by Crippen LogP contribution is -2.52. The van der Waals surface area contributed by atoms with Crippen molar-refractivity contribution >= 4 is 61.6 Å². The second kappa shape index (κ2) is 7.13. The fourth-order valence-electron chi connectivity index (χ4n) is 2.07. The topological polar surface area (TPSA) is 49.4 Å². The summed E-state index contributed by atoms with van der Waals surface area (Å²) in [6, 6.07) is 2.94. The molecule has 1 atom stereocenters. The van der Waals surface area contributed by atoms with Crippen LogP contribution in [0.15, 0.2) is 21.5 Å². The van der Waals surface area contributed by atoms with Crippen molar-refractivity contribution < 1.29 is 8.42 Å². The Kier molecular flexibility index (Phi) is 6.59. The fourth-order valence-corrected chi connectivity index (χ4v) is 5.59. The summed E-state index contributed by atoms with van der Waals surface area (Å²) in [6.07, 6.45) is 0. The minimum atomic E-state index is -3.68. The summed E-state index contributed by atoms with van der Waals surface area (Å²) in [5.41, 5.74) is 0. The quantitative estimate of drug-likeness (QED) is 0.794. The van der Waals surface area contributed by atoms with Gasteiger partial charge < -0.3 is 5.32 Å². The number of sulfonamides is 1. The van der Waals surface area contributed by atoms with Gasteiger partial charge >= 0.3 is 0 Å². The zero-order valence-electron chi connectivity index (χ0n) is 10.6. The second-order valence-electron chi connectivity index (χ2n) is 4.37. The Labute approximate surface area is 143 Å². The summed E-state index contributed by atoms with van der Waals surface area (Å²) < 4.78 is 27.4. The molecule has 1 saturated heterocycles. The maximum absolute atomic E-state index is 12.7. The Morgan fingerprint density at radius 1 is 1.35 bits per heavy atom. The molecule has 1 N–H and O–H groups in total. The van der Waals surface area contributed by atoms with E-state index in [0.717, 1.165) is 0 Å². The van der Waals surface area contributed by atoms with Gasteiger partial charge in [-0.3, -0.25) is 0 Å². The van der Waals surface area contributed by atoms with Crippen LogP contribution in [0.2, 0.25) is 10.0 Å². The third-order valence-electron chi connectivity index (χ3n) is 2.97. The van der Waals surface area contributed by atoms with Gasteiger partial charge in [-0.2, -0.15) is 4.31 Å². The number of halogens is 4. The second-order valence-corrected chi connectivity index (χ2v) is 7.92. The molecule has 4 nitrogen and oxygen atoms in total. The van der Waals surface area contributed by atoms with E-state index in [0.29, 0.717) is 24.1 Å². The first kappa shape index (κ1) is 18.5. The molecule has 1 aliphatic rings. The molecule has 1 fully saturated rings. The predicted octanol–water partition coefficient (Wildman–Crippen LogP) is 3.16. The maximum Gasteiger partial charge on any atom is 0.246 e. The zero-order chi connectivity index (χ0) is 14.2. The normalized spacial score (nSPS) is 20.5. The molecule has 1 aliphatic heterocycles. The molecular formula is C11H14BrCl3N2O2S. The van der Waals surface area contributed by atoms with Crippen LogP contribution in [0.25, 0.3) is 0 Å². The fraction of sp³-hybridized carbons (Fsp3) is 0.455. The Balaban J connectivity index is 0.00000200. The summed E-state index contributed by atoms with van der Waals surface area (Å²) in [7, 11) is -3.68. The summed E-state index contributed by atoms with van der Waals surface area (Å²) in [4.78, 5) is -0.0206. The monoisotopic (exact) mass is 422 g/mol. The summed E-state index contributed by atoms with van der Waals surface area (Å²) in [6.45, 7) is 3.50. The van der Waals surface area contributed by atoms with Gasteiger partial charge in [0.2, 0.25) is 10.0 Å². The molecule has 0 radical (unpaired) electrons. The molecule has 1 aromatic rings. The van der Waals surface area contributed by atoms with Gasteiger partial charge in [0.15, 0.2) is 0 Å². The summed E-state index contributed by atoms with van der Waals surface area (Å²) in [5, 5.41) is 3.41. The highest BCUT2D eigenvalue weighted by Crippen LogP contribution is 2.35. The molecule has 0 bridgehead atoms. The number of hydrogen-bond acceptors (Lipinski definition) is 3. The molecule has 9 heteroatoms. The Morgan fingerprint density at radius 3 is 2.40 bits per heavy atom. The zero-order valence-corrected chi connectivity index (χ0v) is 15.3. The van der Waals surface area contributed by atoms with E-state index in [1.807, 2.05) is 6.92 Å². The first-order valence-corrected chi connectivity index (χ1v) is 8.70. The highest BCUT2D eigenvalue weighted by Gasteiger charge is 2.34. The summed E-state index contributed by atoms with van der Waals surface area (Å²) >= 11 is 15.3. The molecule has 0 saturated carbocycles. The first-order chi connectivity index (χ1) is 8.84. The third-order valence-corrected chi connectivity index (χ3v) is 6.36. The number of benzene rings is 1. The molecule has 0 aliphatic carbocycles. The average molecular weight is 425 g/mol. The Morgan fingerprint density at radius 2 is 1.90 bits per heavy atom. The van der Waals surface area contributed by atoms with Crippen molar-refractivity contribution in [1.29, 1.82) is 0 Å². The van der Waals surface area contributed by atoms with E-state index in [9.17, 15) is 8.42 Å². The van der Waals surface area contributed by atoms with Crippen molar-refractivity contribution in [1.82, 2.24) is 9.62 Å². The number of hydrogen-bond donors (Lipinski definition) is 1.